The number of aromatic nitrogens is 3. The lowest BCUT2D eigenvalue weighted by molar-refractivity contribution is -0.135. The summed E-state index contributed by atoms with van der Waals surface area (Å²) in [6.45, 7) is 4.32. The van der Waals surface area contributed by atoms with E-state index in [4.69, 9.17) is 9.15 Å². The number of carbonyl (C=O) groups excluding carboxylic acids is 2. The number of rotatable bonds is 7. The van der Waals surface area contributed by atoms with E-state index in [1.54, 1.807) is 6.26 Å². The number of furan rings is 1. The number of nitrogens with one attached hydrogen (secondary N) is 2. The van der Waals surface area contributed by atoms with Crippen LogP contribution < -0.4 is 10.6 Å². The van der Waals surface area contributed by atoms with Crippen LogP contribution >= 0.6 is 23.5 Å². The zero-order valence-electron chi connectivity index (χ0n) is 19.5. The van der Waals surface area contributed by atoms with E-state index in [1.807, 2.05) is 38.1 Å². The Morgan fingerprint density at radius 2 is 2.03 bits per heavy atom. The van der Waals surface area contributed by atoms with Crippen LogP contribution in [0.2, 0.25) is 0 Å². The first-order valence-electron chi connectivity index (χ1n) is 11.1. The highest BCUT2D eigenvalue weighted by Gasteiger charge is 2.45. The average molecular weight is 512 g/mol. The van der Waals surface area contributed by atoms with Crippen molar-refractivity contribution in [3.05, 3.63) is 64.5 Å². The van der Waals surface area contributed by atoms with E-state index < -0.39 is 11.9 Å². The number of aryl methyl sites for hydroxylation is 1. The monoisotopic (exact) mass is 511 g/mol. The smallest absolute Gasteiger partial charge is 0.344 e. The third-order valence-electron chi connectivity index (χ3n) is 6.09. The predicted octanol–water partition coefficient (Wildman–Crippen LogP) is 3.17. The molecule has 2 aliphatic heterocycles. The minimum Gasteiger partial charge on any atom is -0.469 e. The number of hydrogen-bond acceptors (Lipinski definition) is 9. The average Bonchev–Trinajstić information content (AvgIpc) is 3.55. The Bertz CT molecular complexity index is 1290. The van der Waals surface area contributed by atoms with Crippen molar-refractivity contribution in [2.75, 3.05) is 12.9 Å². The van der Waals surface area contributed by atoms with Crippen LogP contribution in [0.1, 0.15) is 18.2 Å². The van der Waals surface area contributed by atoms with Crippen LogP contribution in [0, 0.1) is 12.8 Å². The Balaban J connectivity index is 1.33. The van der Waals surface area contributed by atoms with E-state index in [2.05, 4.69) is 37.5 Å². The maximum absolute atomic E-state index is 12.9. The van der Waals surface area contributed by atoms with Crippen molar-refractivity contribution >= 4 is 35.4 Å². The van der Waals surface area contributed by atoms with Crippen molar-refractivity contribution < 1.29 is 18.7 Å². The Morgan fingerprint density at radius 1 is 1.23 bits per heavy atom. The Kier molecular flexibility index (Phi) is 6.72. The zero-order valence-corrected chi connectivity index (χ0v) is 21.1. The maximum atomic E-state index is 12.9. The summed E-state index contributed by atoms with van der Waals surface area (Å²) < 4.78 is 12.4. The summed E-state index contributed by atoms with van der Waals surface area (Å²) >= 11 is 2.87. The number of methoxy groups -OCH3 is 1. The maximum Gasteiger partial charge on any atom is 0.344 e. The minimum absolute atomic E-state index is 0.0938. The van der Waals surface area contributed by atoms with Gasteiger partial charge in [-0.15, -0.1) is 10.2 Å². The fourth-order valence-corrected chi connectivity index (χ4v) is 6.63. The Morgan fingerprint density at radius 3 is 2.74 bits per heavy atom. The molecule has 4 heterocycles. The molecule has 1 amide bonds. The SMILES string of the molecule is COC(=O)C1=C(C)C2C(=O)NC(CSc3nnc(-c4ccoc4C)n3Cc3ccccc3)NC2S1. The van der Waals surface area contributed by atoms with Gasteiger partial charge in [-0.3, -0.25) is 14.7 Å². The van der Waals surface area contributed by atoms with Crippen LogP contribution in [-0.2, 0) is 20.9 Å². The van der Waals surface area contributed by atoms with Gasteiger partial charge >= 0.3 is 5.97 Å². The number of hydrogen-bond donors (Lipinski definition) is 2. The number of carbonyl (C=O) groups is 2. The van der Waals surface area contributed by atoms with Gasteiger partial charge in [-0.25, -0.2) is 4.79 Å². The first-order chi connectivity index (χ1) is 17.0. The zero-order chi connectivity index (χ0) is 24.5. The largest absolute Gasteiger partial charge is 0.469 e. The van der Waals surface area contributed by atoms with Crippen LogP contribution in [0.4, 0.5) is 0 Å². The van der Waals surface area contributed by atoms with Crippen LogP contribution in [0.3, 0.4) is 0 Å². The highest BCUT2D eigenvalue weighted by molar-refractivity contribution is 8.04. The highest BCUT2D eigenvalue weighted by atomic mass is 32.2. The second kappa shape index (κ2) is 9.92. The molecule has 0 spiro atoms. The summed E-state index contributed by atoms with van der Waals surface area (Å²) in [6, 6.07) is 12.0. The number of fused-ring (bicyclic) bond motifs is 1. The van der Waals surface area contributed by atoms with Gasteiger partial charge in [0.15, 0.2) is 11.0 Å². The minimum atomic E-state index is -0.404. The molecule has 0 saturated carbocycles. The van der Waals surface area contributed by atoms with Crippen LogP contribution in [0.15, 0.2) is 62.7 Å². The summed E-state index contributed by atoms with van der Waals surface area (Å²) in [5.74, 6) is 1.16. The Labute approximate surface area is 211 Å². The summed E-state index contributed by atoms with van der Waals surface area (Å²) in [5.41, 5.74) is 2.76. The van der Waals surface area contributed by atoms with E-state index in [1.165, 1.54) is 30.6 Å². The van der Waals surface area contributed by atoms with Crippen molar-refractivity contribution in [2.24, 2.45) is 5.92 Å². The molecule has 3 atom stereocenters. The number of thioether (sulfide) groups is 2. The molecular weight excluding hydrogens is 486 g/mol. The number of benzene rings is 1. The third-order valence-corrected chi connectivity index (χ3v) is 8.53. The number of esters is 1. The molecule has 1 saturated heterocycles. The second-order valence-corrected chi connectivity index (χ2v) is 10.5. The molecule has 11 heteroatoms. The van der Waals surface area contributed by atoms with Crippen molar-refractivity contribution in [3.8, 4) is 11.4 Å². The van der Waals surface area contributed by atoms with Gasteiger partial charge in [-0.1, -0.05) is 53.9 Å². The van der Waals surface area contributed by atoms with E-state index in [9.17, 15) is 9.59 Å². The van der Waals surface area contributed by atoms with Gasteiger partial charge < -0.3 is 14.5 Å². The normalized spacial score (nSPS) is 21.7. The van der Waals surface area contributed by atoms with Crippen molar-refractivity contribution in [1.82, 2.24) is 25.4 Å². The molecule has 2 N–H and O–H groups in total. The fourth-order valence-electron chi connectivity index (χ4n) is 4.29. The van der Waals surface area contributed by atoms with Crippen LogP contribution in [-0.4, -0.2) is 51.0 Å². The molecule has 2 aromatic heterocycles. The van der Waals surface area contributed by atoms with E-state index in [0.29, 0.717) is 17.2 Å². The molecule has 1 aromatic carbocycles. The molecular formula is C24H25N5O4S2. The molecule has 2 aliphatic rings. The first-order valence-corrected chi connectivity index (χ1v) is 13.0. The van der Waals surface area contributed by atoms with Crippen LogP contribution in [0.25, 0.3) is 11.4 Å². The van der Waals surface area contributed by atoms with Gasteiger partial charge in [-0.05, 0) is 31.1 Å². The molecule has 5 rings (SSSR count). The topological polar surface area (TPSA) is 111 Å². The number of amides is 1. The molecule has 0 bridgehead atoms. The molecule has 0 radical (unpaired) electrons. The molecule has 3 unspecified atom stereocenters. The van der Waals surface area contributed by atoms with Gasteiger partial charge in [0.25, 0.3) is 0 Å². The van der Waals surface area contributed by atoms with Gasteiger partial charge in [0.1, 0.15) is 5.76 Å². The van der Waals surface area contributed by atoms with Gasteiger partial charge in [0, 0.05) is 5.75 Å². The lowest BCUT2D eigenvalue weighted by Gasteiger charge is -2.33. The molecule has 0 aliphatic carbocycles. The van der Waals surface area contributed by atoms with Crippen LogP contribution in [0.5, 0.6) is 0 Å². The van der Waals surface area contributed by atoms with Crippen molar-refractivity contribution in [1.29, 1.82) is 0 Å². The quantitative estimate of drug-likeness (QED) is 0.365. The van der Waals surface area contributed by atoms with Gasteiger partial charge in [-0.2, -0.15) is 0 Å². The standard InChI is InChI=1S/C24H25N5O4S2/c1-13-18-21(30)25-17(26-22(18)35-19(13)23(31)32-3)12-34-24-28-27-20(16-9-10-33-14(16)2)29(24)11-15-7-5-4-6-8-15/h4-10,17-18,22,26H,11-12H2,1-3H3,(H,25,30). The lowest BCUT2D eigenvalue weighted by Crippen LogP contribution is -2.60. The van der Waals surface area contributed by atoms with E-state index in [-0.39, 0.29) is 17.4 Å². The highest BCUT2D eigenvalue weighted by Crippen LogP contribution is 2.43. The van der Waals surface area contributed by atoms with E-state index in [0.717, 1.165) is 33.4 Å². The predicted molar refractivity (Wildman–Crippen MR) is 133 cm³/mol. The second-order valence-electron chi connectivity index (χ2n) is 8.33. The summed E-state index contributed by atoms with van der Waals surface area (Å²) in [5, 5.41) is 15.9. The summed E-state index contributed by atoms with van der Waals surface area (Å²) in [7, 11) is 1.35. The van der Waals surface area contributed by atoms with Crippen molar-refractivity contribution in [2.45, 2.75) is 37.1 Å². The molecule has 9 nitrogen and oxygen atoms in total. The molecule has 35 heavy (non-hydrogen) atoms. The molecule has 1 fully saturated rings. The van der Waals surface area contributed by atoms with Gasteiger partial charge in [0.05, 0.1) is 47.8 Å². The summed E-state index contributed by atoms with van der Waals surface area (Å²) in [4.78, 5) is 25.5. The fraction of sp³-hybridized carbons (Fsp3) is 0.333. The molecule has 3 aromatic rings. The first kappa shape index (κ1) is 23.7. The van der Waals surface area contributed by atoms with Crippen molar-refractivity contribution in [3.63, 3.8) is 0 Å². The lowest BCUT2D eigenvalue weighted by atomic mass is 9.97. The number of nitrogens with zero attached hydrogens (tertiary/aromatic N) is 3. The van der Waals surface area contributed by atoms with E-state index >= 15 is 0 Å². The Hall–Kier alpha value is -3.02. The number of ether oxygens (including phenoxy) is 1. The summed E-state index contributed by atoms with van der Waals surface area (Å²) in [6.07, 6.45) is 1.36. The molecule has 182 valence electrons. The third kappa shape index (κ3) is 4.63. The van der Waals surface area contributed by atoms with Gasteiger partial charge in [0.2, 0.25) is 5.91 Å².